The second kappa shape index (κ2) is 10.5. The molecule has 0 aromatic heterocycles. The molecule has 2 aromatic rings. The molecule has 2 aromatic carbocycles. The van der Waals surface area contributed by atoms with Crippen molar-refractivity contribution in [2.75, 3.05) is 20.2 Å². The zero-order valence-corrected chi connectivity index (χ0v) is 20.6. The Kier molecular flexibility index (Phi) is 7.21. The quantitative estimate of drug-likeness (QED) is 0.584. The first kappa shape index (κ1) is 23.4. The maximum Gasteiger partial charge on any atom is 0.253 e. The number of rotatable bonds is 9. The van der Waals surface area contributed by atoms with Crippen molar-refractivity contribution < 1.29 is 14.3 Å². The van der Waals surface area contributed by atoms with Gasteiger partial charge < -0.3 is 19.7 Å². The standard InChI is InChI=1S/C29H38N2O3/c1-20-3-12-28(34-20)18-30-17-22-6-7-25-16-26(11-8-24(25)15-22)31(2)29(32)23-9-13-27(14-10-23)33-19-21-4-5-21/h6-7,9-10,13-15,20-21,26,28,30H,3-5,8,11-12,16-19H2,1-2H3. The van der Waals surface area contributed by atoms with Crippen LogP contribution in [0.15, 0.2) is 42.5 Å². The van der Waals surface area contributed by atoms with E-state index < -0.39 is 0 Å². The molecule has 5 rings (SSSR count). The monoisotopic (exact) mass is 462 g/mol. The highest BCUT2D eigenvalue weighted by atomic mass is 16.5. The molecule has 5 nitrogen and oxygen atoms in total. The minimum absolute atomic E-state index is 0.0893. The van der Waals surface area contributed by atoms with E-state index in [0.29, 0.717) is 12.2 Å². The summed E-state index contributed by atoms with van der Waals surface area (Å²) in [6.45, 7) is 4.75. The van der Waals surface area contributed by atoms with E-state index >= 15 is 0 Å². The number of ether oxygens (including phenoxy) is 2. The Morgan fingerprint density at radius 1 is 1.06 bits per heavy atom. The Hall–Kier alpha value is -2.37. The molecular formula is C29H38N2O3. The number of carbonyl (C=O) groups is 1. The number of benzene rings is 2. The number of fused-ring (bicyclic) bond motifs is 1. The van der Waals surface area contributed by atoms with E-state index in [2.05, 4.69) is 30.4 Å². The zero-order chi connectivity index (χ0) is 23.5. The van der Waals surface area contributed by atoms with Gasteiger partial charge in [0.2, 0.25) is 0 Å². The third-order valence-corrected chi connectivity index (χ3v) is 7.65. The molecule has 1 saturated carbocycles. The first-order chi connectivity index (χ1) is 16.5. The average Bonchev–Trinajstić information content (AvgIpc) is 3.61. The van der Waals surface area contributed by atoms with Crippen LogP contribution in [0.4, 0.5) is 0 Å². The first-order valence-electron chi connectivity index (χ1n) is 13.0. The molecular weight excluding hydrogens is 424 g/mol. The molecule has 5 heteroatoms. The lowest BCUT2D eigenvalue weighted by Crippen LogP contribution is -2.40. The predicted octanol–water partition coefficient (Wildman–Crippen LogP) is 4.76. The van der Waals surface area contributed by atoms with Crippen LogP contribution in [0.3, 0.4) is 0 Å². The van der Waals surface area contributed by atoms with Gasteiger partial charge in [0.15, 0.2) is 0 Å². The molecule has 1 saturated heterocycles. The Labute approximate surface area is 203 Å². The lowest BCUT2D eigenvalue weighted by Gasteiger charge is -2.33. The number of hydrogen-bond acceptors (Lipinski definition) is 4. The van der Waals surface area contributed by atoms with E-state index in [1.54, 1.807) is 0 Å². The summed E-state index contributed by atoms with van der Waals surface area (Å²) in [6.07, 6.45) is 8.57. The van der Waals surface area contributed by atoms with E-state index in [0.717, 1.165) is 62.6 Å². The summed E-state index contributed by atoms with van der Waals surface area (Å²) in [6, 6.07) is 14.7. The number of carbonyl (C=O) groups excluding carboxylic acids is 1. The summed E-state index contributed by atoms with van der Waals surface area (Å²) in [5.41, 5.74) is 4.86. The van der Waals surface area contributed by atoms with Crippen LogP contribution in [0.1, 0.15) is 66.1 Å². The van der Waals surface area contributed by atoms with Crippen molar-refractivity contribution in [1.82, 2.24) is 10.2 Å². The molecule has 1 aliphatic heterocycles. The van der Waals surface area contributed by atoms with Crippen molar-refractivity contribution in [2.24, 2.45) is 5.92 Å². The molecule has 1 heterocycles. The predicted molar refractivity (Wildman–Crippen MR) is 134 cm³/mol. The van der Waals surface area contributed by atoms with Gasteiger partial charge in [0.1, 0.15) is 5.75 Å². The maximum absolute atomic E-state index is 13.1. The number of amides is 1. The van der Waals surface area contributed by atoms with Crippen LogP contribution in [0.25, 0.3) is 0 Å². The zero-order valence-electron chi connectivity index (χ0n) is 20.6. The van der Waals surface area contributed by atoms with Crippen LogP contribution in [0.5, 0.6) is 5.75 Å². The van der Waals surface area contributed by atoms with E-state index in [1.807, 2.05) is 36.2 Å². The van der Waals surface area contributed by atoms with Crippen LogP contribution in [0, 0.1) is 5.92 Å². The van der Waals surface area contributed by atoms with Gasteiger partial charge in [-0.05, 0) is 98.7 Å². The van der Waals surface area contributed by atoms with Gasteiger partial charge in [-0.25, -0.2) is 0 Å². The second-order valence-corrected chi connectivity index (χ2v) is 10.5. The van der Waals surface area contributed by atoms with Crippen LogP contribution in [-0.4, -0.2) is 49.3 Å². The van der Waals surface area contributed by atoms with Gasteiger partial charge in [-0.3, -0.25) is 4.79 Å². The molecule has 0 bridgehead atoms. The first-order valence-corrected chi connectivity index (χ1v) is 13.0. The smallest absolute Gasteiger partial charge is 0.253 e. The molecule has 1 amide bonds. The van der Waals surface area contributed by atoms with Crippen LogP contribution in [-0.2, 0) is 24.1 Å². The summed E-state index contributed by atoms with van der Waals surface area (Å²) in [5, 5.41) is 3.56. The second-order valence-electron chi connectivity index (χ2n) is 10.5. The van der Waals surface area contributed by atoms with Crippen molar-refractivity contribution in [1.29, 1.82) is 0 Å². The number of likely N-dealkylation sites (N-methyl/N-ethyl adjacent to an activating group) is 1. The number of hydrogen-bond donors (Lipinski definition) is 1. The SMILES string of the molecule is CC1CCC(CNCc2ccc3c(c2)CCC(N(C)C(=O)c2ccc(OCC4CC4)cc2)C3)O1. The molecule has 3 aliphatic rings. The lowest BCUT2D eigenvalue weighted by molar-refractivity contribution is 0.0559. The maximum atomic E-state index is 13.1. The normalized spacial score (nSPS) is 24.0. The Balaban J connectivity index is 1.12. The fraction of sp³-hybridized carbons (Fsp3) is 0.552. The van der Waals surface area contributed by atoms with Crippen LogP contribution < -0.4 is 10.1 Å². The highest BCUT2D eigenvalue weighted by molar-refractivity contribution is 5.94. The molecule has 2 fully saturated rings. The largest absolute Gasteiger partial charge is 0.493 e. The van der Waals surface area contributed by atoms with Gasteiger partial charge in [0.05, 0.1) is 18.8 Å². The van der Waals surface area contributed by atoms with E-state index in [4.69, 9.17) is 9.47 Å². The van der Waals surface area contributed by atoms with Crippen molar-refractivity contribution in [3.05, 3.63) is 64.7 Å². The fourth-order valence-corrected chi connectivity index (χ4v) is 5.20. The molecule has 3 atom stereocenters. The van der Waals surface area contributed by atoms with Crippen LogP contribution >= 0.6 is 0 Å². The average molecular weight is 463 g/mol. The van der Waals surface area contributed by atoms with Crippen molar-refractivity contribution in [3.8, 4) is 5.75 Å². The molecule has 0 radical (unpaired) electrons. The highest BCUT2D eigenvalue weighted by Crippen LogP contribution is 2.30. The van der Waals surface area contributed by atoms with Crippen molar-refractivity contribution in [2.45, 2.75) is 76.7 Å². The Morgan fingerprint density at radius 2 is 1.88 bits per heavy atom. The topological polar surface area (TPSA) is 50.8 Å². The molecule has 1 N–H and O–H groups in total. The third-order valence-electron chi connectivity index (χ3n) is 7.65. The summed E-state index contributed by atoms with van der Waals surface area (Å²) >= 11 is 0. The molecule has 34 heavy (non-hydrogen) atoms. The summed E-state index contributed by atoms with van der Waals surface area (Å²) in [7, 11) is 1.94. The lowest BCUT2D eigenvalue weighted by atomic mass is 9.86. The third kappa shape index (κ3) is 5.81. The van der Waals surface area contributed by atoms with Gasteiger partial charge in [0, 0.05) is 31.7 Å². The summed E-state index contributed by atoms with van der Waals surface area (Å²) in [5.74, 6) is 1.67. The number of nitrogens with one attached hydrogen (secondary N) is 1. The van der Waals surface area contributed by atoms with Gasteiger partial charge in [-0.15, -0.1) is 0 Å². The van der Waals surface area contributed by atoms with E-state index in [1.165, 1.54) is 36.0 Å². The van der Waals surface area contributed by atoms with Gasteiger partial charge in [0.25, 0.3) is 5.91 Å². The minimum atomic E-state index is 0.0893. The summed E-state index contributed by atoms with van der Waals surface area (Å²) < 4.78 is 11.7. The van der Waals surface area contributed by atoms with E-state index in [9.17, 15) is 4.79 Å². The Morgan fingerprint density at radius 3 is 2.62 bits per heavy atom. The van der Waals surface area contributed by atoms with Crippen molar-refractivity contribution in [3.63, 3.8) is 0 Å². The molecule has 3 unspecified atom stereocenters. The molecule has 2 aliphatic carbocycles. The molecule has 0 spiro atoms. The van der Waals surface area contributed by atoms with Gasteiger partial charge in [-0.1, -0.05) is 18.2 Å². The van der Waals surface area contributed by atoms with E-state index in [-0.39, 0.29) is 11.9 Å². The molecule has 182 valence electrons. The summed E-state index contributed by atoms with van der Waals surface area (Å²) in [4.78, 5) is 15.0. The van der Waals surface area contributed by atoms with Crippen LogP contribution in [0.2, 0.25) is 0 Å². The fourth-order valence-electron chi connectivity index (χ4n) is 5.20. The number of nitrogens with zero attached hydrogens (tertiary/aromatic N) is 1. The number of aryl methyl sites for hydroxylation is 1. The highest BCUT2D eigenvalue weighted by Gasteiger charge is 2.26. The minimum Gasteiger partial charge on any atom is -0.493 e. The Bertz CT molecular complexity index is 985. The van der Waals surface area contributed by atoms with Crippen molar-refractivity contribution >= 4 is 5.91 Å². The van der Waals surface area contributed by atoms with Gasteiger partial charge in [-0.2, -0.15) is 0 Å². The van der Waals surface area contributed by atoms with Gasteiger partial charge >= 0.3 is 0 Å².